The number of nitrogens with zero attached hydrogens (tertiary/aromatic N) is 2. The predicted octanol–water partition coefficient (Wildman–Crippen LogP) is 6.05. The number of rotatable bonds is 10. The Morgan fingerprint density at radius 3 is 2.05 bits per heavy atom. The van der Waals surface area contributed by atoms with Crippen molar-refractivity contribution in [2.45, 2.75) is 63.2 Å². The largest absolute Gasteiger partial charge is 0.416 e. The molecule has 1 aliphatic rings. The second-order valence-corrected chi connectivity index (χ2v) is 13.1. The van der Waals surface area contributed by atoms with Gasteiger partial charge in [-0.15, -0.1) is 0 Å². The van der Waals surface area contributed by atoms with Crippen LogP contribution in [-0.4, -0.2) is 56.6 Å². The maximum absolute atomic E-state index is 13.5. The third kappa shape index (κ3) is 7.61. The van der Waals surface area contributed by atoms with Gasteiger partial charge in [0, 0.05) is 43.3 Å². The number of anilines is 1. The van der Waals surface area contributed by atoms with Crippen LogP contribution in [0.25, 0.3) is 0 Å². The Morgan fingerprint density at radius 2 is 1.50 bits per heavy atom. The van der Waals surface area contributed by atoms with Crippen LogP contribution in [-0.2, 0) is 27.4 Å². The van der Waals surface area contributed by atoms with E-state index in [1.54, 1.807) is 48.2 Å². The third-order valence-corrected chi connectivity index (χ3v) is 9.98. The summed E-state index contributed by atoms with van der Waals surface area (Å²) in [4.78, 5) is 30.4. The fraction of sp³-hybridized carbons (Fsp3) is 0.394. The quantitative estimate of drug-likeness (QED) is 0.295. The SMILES string of the molecule is CCN(CC)C(=O)[C@@H]1CCC(c2ccc(C(F)(F)F)cc2)CN1c1ccc(C(=O)NCc2ccc(S(=O)(=O)CC)cc2)cc1. The van der Waals surface area contributed by atoms with E-state index in [9.17, 15) is 31.2 Å². The first-order valence-corrected chi connectivity index (χ1v) is 16.5. The lowest BCUT2D eigenvalue weighted by atomic mass is 9.86. The van der Waals surface area contributed by atoms with Gasteiger partial charge in [0.05, 0.1) is 16.2 Å². The standard InChI is InChI=1S/C33H38F3N3O4S/c1-4-38(5-2)32(41)30-20-13-26(24-9-14-27(15-10-24)33(34,35)36)22-39(30)28-16-11-25(12-17-28)31(40)37-21-23-7-18-29(19-8-23)44(42,43)6-3/h7-12,14-19,26,30H,4-6,13,20-22H2,1-3H3,(H,37,40)/t26?,30-/m0/s1. The summed E-state index contributed by atoms with van der Waals surface area (Å²) in [6, 6.07) is 18.1. The number of carbonyl (C=O) groups is 2. The molecule has 44 heavy (non-hydrogen) atoms. The number of sulfone groups is 1. The second kappa shape index (κ2) is 13.8. The van der Waals surface area contributed by atoms with Crippen molar-refractivity contribution in [3.05, 3.63) is 95.1 Å². The van der Waals surface area contributed by atoms with Gasteiger partial charge >= 0.3 is 6.18 Å². The molecule has 3 aromatic rings. The minimum atomic E-state index is -4.41. The van der Waals surface area contributed by atoms with Gasteiger partial charge in [-0.25, -0.2) is 8.42 Å². The summed E-state index contributed by atoms with van der Waals surface area (Å²) in [5.74, 6) is -0.365. The normalized spacial score (nSPS) is 17.3. The molecule has 1 N–H and O–H groups in total. The van der Waals surface area contributed by atoms with Crippen molar-refractivity contribution >= 4 is 27.3 Å². The molecule has 236 valence electrons. The number of carbonyl (C=O) groups excluding carboxylic acids is 2. The fourth-order valence-electron chi connectivity index (χ4n) is 5.55. The average Bonchev–Trinajstić information content (AvgIpc) is 3.03. The molecule has 0 aromatic heterocycles. The molecule has 1 saturated heterocycles. The zero-order chi connectivity index (χ0) is 32.1. The number of nitrogens with one attached hydrogen (secondary N) is 1. The van der Waals surface area contributed by atoms with Crippen molar-refractivity contribution in [3.63, 3.8) is 0 Å². The van der Waals surface area contributed by atoms with Gasteiger partial charge in [-0.05, 0) is 86.3 Å². The summed E-state index contributed by atoms with van der Waals surface area (Å²) in [6.45, 7) is 7.23. The van der Waals surface area contributed by atoms with Gasteiger partial charge in [-0.3, -0.25) is 9.59 Å². The lowest BCUT2D eigenvalue weighted by Gasteiger charge is -2.42. The number of piperidine rings is 1. The molecule has 1 heterocycles. The zero-order valence-electron chi connectivity index (χ0n) is 25.1. The summed E-state index contributed by atoms with van der Waals surface area (Å²) in [6.07, 6.45) is -3.21. The first-order chi connectivity index (χ1) is 20.9. The molecule has 2 amide bonds. The number of alkyl halides is 3. The monoisotopic (exact) mass is 629 g/mol. The van der Waals surface area contributed by atoms with Crippen LogP contribution in [0.15, 0.2) is 77.7 Å². The van der Waals surface area contributed by atoms with Gasteiger partial charge in [0.1, 0.15) is 6.04 Å². The van der Waals surface area contributed by atoms with E-state index in [-0.39, 0.29) is 34.9 Å². The van der Waals surface area contributed by atoms with Crippen LogP contribution in [0.2, 0.25) is 0 Å². The summed E-state index contributed by atoms with van der Waals surface area (Å²) < 4.78 is 63.4. The van der Waals surface area contributed by atoms with E-state index in [0.717, 1.165) is 28.9 Å². The Bertz CT molecular complexity index is 1540. The molecule has 4 rings (SSSR count). The van der Waals surface area contributed by atoms with E-state index in [2.05, 4.69) is 5.32 Å². The summed E-state index contributed by atoms with van der Waals surface area (Å²) in [7, 11) is -3.30. The van der Waals surface area contributed by atoms with Crippen LogP contribution in [0.3, 0.4) is 0 Å². The van der Waals surface area contributed by atoms with Crippen LogP contribution < -0.4 is 10.2 Å². The summed E-state index contributed by atoms with van der Waals surface area (Å²) >= 11 is 0. The lowest BCUT2D eigenvalue weighted by molar-refractivity contribution is -0.137. The van der Waals surface area contributed by atoms with E-state index >= 15 is 0 Å². The van der Waals surface area contributed by atoms with E-state index < -0.39 is 27.6 Å². The molecule has 1 aliphatic heterocycles. The molecule has 1 fully saturated rings. The predicted molar refractivity (Wildman–Crippen MR) is 164 cm³/mol. The maximum atomic E-state index is 13.5. The van der Waals surface area contributed by atoms with Gasteiger partial charge in [-0.1, -0.05) is 31.2 Å². The molecule has 0 radical (unpaired) electrons. The highest BCUT2D eigenvalue weighted by Crippen LogP contribution is 2.36. The van der Waals surface area contributed by atoms with Crippen molar-refractivity contribution in [2.75, 3.05) is 30.3 Å². The van der Waals surface area contributed by atoms with E-state index in [1.165, 1.54) is 24.3 Å². The van der Waals surface area contributed by atoms with Crippen LogP contribution in [0, 0.1) is 0 Å². The highest BCUT2D eigenvalue weighted by molar-refractivity contribution is 7.91. The number of halogens is 3. The Labute approximate surface area is 257 Å². The van der Waals surface area contributed by atoms with Crippen LogP contribution in [0.5, 0.6) is 0 Å². The zero-order valence-corrected chi connectivity index (χ0v) is 25.9. The first-order valence-electron chi connectivity index (χ1n) is 14.8. The minimum Gasteiger partial charge on any atom is -0.359 e. The maximum Gasteiger partial charge on any atom is 0.416 e. The smallest absolute Gasteiger partial charge is 0.359 e. The van der Waals surface area contributed by atoms with E-state index in [1.807, 2.05) is 18.7 Å². The number of hydrogen-bond donors (Lipinski definition) is 1. The highest BCUT2D eigenvalue weighted by Gasteiger charge is 2.36. The van der Waals surface area contributed by atoms with E-state index in [4.69, 9.17) is 0 Å². The number of amides is 2. The van der Waals surface area contributed by atoms with Crippen molar-refractivity contribution in [1.82, 2.24) is 10.2 Å². The third-order valence-electron chi connectivity index (χ3n) is 8.23. The van der Waals surface area contributed by atoms with Crippen molar-refractivity contribution in [3.8, 4) is 0 Å². The van der Waals surface area contributed by atoms with Gasteiger partial charge in [0.25, 0.3) is 5.91 Å². The van der Waals surface area contributed by atoms with Gasteiger partial charge < -0.3 is 15.1 Å². The van der Waals surface area contributed by atoms with Crippen molar-refractivity contribution in [2.24, 2.45) is 0 Å². The Hall–Kier alpha value is -3.86. The Balaban J connectivity index is 1.50. The molecule has 0 aliphatic carbocycles. The number of hydrogen-bond acceptors (Lipinski definition) is 5. The molecule has 11 heteroatoms. The van der Waals surface area contributed by atoms with Crippen LogP contribution in [0.4, 0.5) is 18.9 Å². The van der Waals surface area contributed by atoms with Gasteiger partial charge in [0.15, 0.2) is 9.84 Å². The topological polar surface area (TPSA) is 86.8 Å². The second-order valence-electron chi connectivity index (χ2n) is 10.8. The Kier molecular flexibility index (Phi) is 10.4. The molecular formula is C33H38F3N3O4S. The van der Waals surface area contributed by atoms with Crippen LogP contribution in [0.1, 0.15) is 66.6 Å². The summed E-state index contributed by atoms with van der Waals surface area (Å²) in [5.41, 5.74) is 2.01. The van der Waals surface area contributed by atoms with Crippen molar-refractivity contribution in [1.29, 1.82) is 0 Å². The van der Waals surface area contributed by atoms with Gasteiger partial charge in [0.2, 0.25) is 5.91 Å². The van der Waals surface area contributed by atoms with E-state index in [0.29, 0.717) is 38.0 Å². The highest BCUT2D eigenvalue weighted by atomic mass is 32.2. The Morgan fingerprint density at radius 1 is 0.886 bits per heavy atom. The molecule has 7 nitrogen and oxygen atoms in total. The molecular weight excluding hydrogens is 591 g/mol. The average molecular weight is 630 g/mol. The number of benzene rings is 3. The molecule has 0 spiro atoms. The lowest BCUT2D eigenvalue weighted by Crippen LogP contribution is -2.52. The van der Waals surface area contributed by atoms with Crippen molar-refractivity contribution < 1.29 is 31.2 Å². The molecule has 1 unspecified atom stereocenters. The molecule has 3 aromatic carbocycles. The first kappa shape index (κ1) is 33.0. The summed E-state index contributed by atoms with van der Waals surface area (Å²) in [5, 5.41) is 2.84. The fourth-order valence-corrected chi connectivity index (χ4v) is 6.43. The van der Waals surface area contributed by atoms with Gasteiger partial charge in [-0.2, -0.15) is 13.2 Å². The van der Waals surface area contributed by atoms with Crippen LogP contribution >= 0.6 is 0 Å². The molecule has 0 bridgehead atoms. The molecule has 2 atom stereocenters. The minimum absolute atomic E-state index is 0.000411. The number of likely N-dealkylation sites (N-methyl/N-ethyl adjacent to an activating group) is 1. The molecule has 0 saturated carbocycles.